The van der Waals surface area contributed by atoms with Gasteiger partial charge in [-0.3, -0.25) is 0 Å². The summed E-state index contributed by atoms with van der Waals surface area (Å²) < 4.78 is 12.0. The summed E-state index contributed by atoms with van der Waals surface area (Å²) >= 11 is 3.40. The van der Waals surface area contributed by atoms with Gasteiger partial charge >= 0.3 is 5.97 Å². The largest absolute Gasteiger partial charge is 0.457 e. The number of hydrogen-bond acceptors (Lipinski definition) is 3. The number of carbonyl (C=O) groups is 1. The van der Waals surface area contributed by atoms with Gasteiger partial charge in [0.25, 0.3) is 0 Å². The number of para-hydroxylation sites is 1. The first-order valence-electron chi connectivity index (χ1n) is 7.45. The van der Waals surface area contributed by atoms with Crippen molar-refractivity contribution in [2.45, 2.75) is 6.61 Å². The van der Waals surface area contributed by atoms with Gasteiger partial charge < -0.3 is 9.47 Å². The van der Waals surface area contributed by atoms with Crippen molar-refractivity contribution in [3.63, 3.8) is 0 Å². The van der Waals surface area contributed by atoms with E-state index < -0.39 is 0 Å². The van der Waals surface area contributed by atoms with Gasteiger partial charge in [0.2, 0.25) is 0 Å². The van der Waals surface area contributed by atoms with Gasteiger partial charge in [0.15, 0.2) is 0 Å². The van der Waals surface area contributed by atoms with E-state index in [2.05, 4.69) is 15.9 Å². The maximum Gasteiger partial charge on any atom is 0.338 e. The molecule has 0 aliphatic heterocycles. The van der Waals surface area contributed by atoms with Crippen LogP contribution >= 0.6 is 15.9 Å². The Hall–Kier alpha value is -2.59. The van der Waals surface area contributed by atoms with Crippen LogP contribution in [0.4, 0.5) is 0 Å². The highest BCUT2D eigenvalue weighted by Gasteiger charge is 2.09. The molecule has 3 aromatic carbocycles. The minimum atomic E-state index is -0.381. The molecule has 0 bridgehead atoms. The lowest BCUT2D eigenvalue weighted by Gasteiger charge is -2.08. The third kappa shape index (κ3) is 4.46. The van der Waals surface area contributed by atoms with Crippen LogP contribution in [0.3, 0.4) is 0 Å². The van der Waals surface area contributed by atoms with Gasteiger partial charge in [-0.05, 0) is 48.0 Å². The highest BCUT2D eigenvalue weighted by atomic mass is 79.9. The molecule has 24 heavy (non-hydrogen) atoms. The zero-order valence-corrected chi connectivity index (χ0v) is 14.4. The van der Waals surface area contributed by atoms with E-state index in [9.17, 15) is 4.79 Å². The summed E-state index contributed by atoms with van der Waals surface area (Å²) in [5.41, 5.74) is 1.38. The fraction of sp³-hybridized carbons (Fsp3) is 0.0500. The number of hydrogen-bond donors (Lipinski definition) is 0. The van der Waals surface area contributed by atoms with E-state index in [0.717, 1.165) is 15.8 Å². The summed E-state index contributed by atoms with van der Waals surface area (Å²) in [6, 6.07) is 24.0. The van der Waals surface area contributed by atoms with Crippen LogP contribution in [0.15, 0.2) is 83.3 Å². The highest BCUT2D eigenvalue weighted by molar-refractivity contribution is 9.10. The third-order valence-corrected chi connectivity index (χ3v) is 3.80. The normalized spacial score (nSPS) is 10.2. The maximum atomic E-state index is 12.2. The zero-order chi connectivity index (χ0) is 16.8. The summed E-state index contributed by atoms with van der Waals surface area (Å²) in [7, 11) is 0. The molecule has 0 N–H and O–H groups in total. The van der Waals surface area contributed by atoms with Crippen LogP contribution in [-0.4, -0.2) is 5.97 Å². The standard InChI is InChI=1S/C20H15BrO3/c21-17-8-4-6-15(12-17)14-23-20(22)16-7-5-11-19(13-16)24-18-9-2-1-3-10-18/h1-13H,14H2. The Morgan fingerprint density at radius 2 is 1.58 bits per heavy atom. The van der Waals surface area contributed by atoms with E-state index in [-0.39, 0.29) is 12.6 Å². The monoisotopic (exact) mass is 382 g/mol. The molecular weight excluding hydrogens is 368 g/mol. The lowest BCUT2D eigenvalue weighted by Crippen LogP contribution is -2.05. The minimum absolute atomic E-state index is 0.224. The molecule has 3 aromatic rings. The molecule has 0 atom stereocenters. The Labute approximate surface area is 149 Å². The molecule has 0 aromatic heterocycles. The van der Waals surface area contributed by atoms with E-state index in [1.165, 1.54) is 0 Å². The van der Waals surface area contributed by atoms with E-state index in [1.54, 1.807) is 24.3 Å². The second kappa shape index (κ2) is 7.79. The lowest BCUT2D eigenvalue weighted by atomic mass is 10.2. The summed E-state index contributed by atoms with van der Waals surface area (Å²) in [4.78, 5) is 12.2. The molecule has 0 saturated carbocycles. The minimum Gasteiger partial charge on any atom is -0.457 e. The lowest BCUT2D eigenvalue weighted by molar-refractivity contribution is 0.0472. The van der Waals surface area contributed by atoms with Crippen LogP contribution in [0.5, 0.6) is 11.5 Å². The molecular formula is C20H15BrO3. The van der Waals surface area contributed by atoms with Crippen LogP contribution < -0.4 is 4.74 Å². The molecule has 0 aliphatic carbocycles. The van der Waals surface area contributed by atoms with Crippen molar-refractivity contribution in [1.29, 1.82) is 0 Å². The van der Waals surface area contributed by atoms with E-state index in [1.807, 2.05) is 54.6 Å². The van der Waals surface area contributed by atoms with Crippen molar-refractivity contribution in [1.82, 2.24) is 0 Å². The maximum absolute atomic E-state index is 12.2. The summed E-state index contributed by atoms with van der Waals surface area (Å²) in [5.74, 6) is 0.934. The summed E-state index contributed by atoms with van der Waals surface area (Å²) in [6.07, 6.45) is 0. The van der Waals surface area contributed by atoms with Gasteiger partial charge in [0.05, 0.1) is 5.56 Å². The van der Waals surface area contributed by atoms with Gasteiger partial charge in [-0.25, -0.2) is 4.79 Å². The fourth-order valence-electron chi connectivity index (χ4n) is 2.17. The van der Waals surface area contributed by atoms with Crippen LogP contribution in [0.2, 0.25) is 0 Å². The predicted octanol–water partition coefficient (Wildman–Crippen LogP) is 5.60. The van der Waals surface area contributed by atoms with Gasteiger partial charge in [-0.2, -0.15) is 0 Å². The van der Waals surface area contributed by atoms with Gasteiger partial charge in [-0.1, -0.05) is 52.3 Å². The van der Waals surface area contributed by atoms with Crippen LogP contribution in [0, 0.1) is 0 Å². The first kappa shape index (κ1) is 16.3. The topological polar surface area (TPSA) is 35.5 Å². The van der Waals surface area contributed by atoms with Crippen LogP contribution in [-0.2, 0) is 11.3 Å². The molecule has 3 rings (SSSR count). The molecule has 3 nitrogen and oxygen atoms in total. The second-order valence-electron chi connectivity index (χ2n) is 5.15. The average molecular weight is 383 g/mol. The number of carbonyl (C=O) groups excluding carboxylic acids is 1. The first-order valence-corrected chi connectivity index (χ1v) is 8.24. The highest BCUT2D eigenvalue weighted by Crippen LogP contribution is 2.22. The number of benzene rings is 3. The fourth-order valence-corrected chi connectivity index (χ4v) is 2.62. The Kier molecular flexibility index (Phi) is 5.29. The number of rotatable bonds is 5. The van der Waals surface area contributed by atoms with Crippen LogP contribution in [0.25, 0.3) is 0 Å². The van der Waals surface area contributed by atoms with Crippen molar-refractivity contribution < 1.29 is 14.3 Å². The van der Waals surface area contributed by atoms with Crippen molar-refractivity contribution in [2.24, 2.45) is 0 Å². The molecule has 0 heterocycles. The molecule has 4 heteroatoms. The van der Waals surface area contributed by atoms with Crippen molar-refractivity contribution >= 4 is 21.9 Å². The van der Waals surface area contributed by atoms with Crippen molar-refractivity contribution in [3.05, 3.63) is 94.5 Å². The number of esters is 1. The number of ether oxygens (including phenoxy) is 2. The summed E-state index contributed by atoms with van der Waals surface area (Å²) in [5, 5.41) is 0. The molecule has 0 radical (unpaired) electrons. The van der Waals surface area contributed by atoms with Gasteiger partial charge in [-0.15, -0.1) is 0 Å². The van der Waals surface area contributed by atoms with E-state index in [0.29, 0.717) is 11.3 Å². The summed E-state index contributed by atoms with van der Waals surface area (Å²) in [6.45, 7) is 0.224. The molecule has 0 fully saturated rings. The quantitative estimate of drug-likeness (QED) is 0.538. The molecule has 0 unspecified atom stereocenters. The molecule has 0 spiro atoms. The van der Waals surface area contributed by atoms with Crippen molar-refractivity contribution in [3.8, 4) is 11.5 Å². The number of halogens is 1. The molecule has 0 saturated heterocycles. The Morgan fingerprint density at radius 1 is 0.833 bits per heavy atom. The predicted molar refractivity (Wildman–Crippen MR) is 96.2 cm³/mol. The van der Waals surface area contributed by atoms with E-state index >= 15 is 0 Å². The van der Waals surface area contributed by atoms with Crippen molar-refractivity contribution in [2.75, 3.05) is 0 Å². The third-order valence-electron chi connectivity index (χ3n) is 3.31. The molecule has 120 valence electrons. The Morgan fingerprint density at radius 3 is 2.38 bits per heavy atom. The Balaban J connectivity index is 1.66. The molecule has 0 aliphatic rings. The smallest absolute Gasteiger partial charge is 0.338 e. The van der Waals surface area contributed by atoms with E-state index in [4.69, 9.17) is 9.47 Å². The molecule has 0 amide bonds. The SMILES string of the molecule is O=C(OCc1cccc(Br)c1)c1cccc(Oc2ccccc2)c1. The van der Waals surface area contributed by atoms with Crippen LogP contribution in [0.1, 0.15) is 15.9 Å². The first-order chi connectivity index (χ1) is 11.7. The average Bonchev–Trinajstić information content (AvgIpc) is 2.61. The van der Waals surface area contributed by atoms with Gasteiger partial charge in [0.1, 0.15) is 18.1 Å². The Bertz CT molecular complexity index is 831. The zero-order valence-electron chi connectivity index (χ0n) is 12.8. The second-order valence-corrected chi connectivity index (χ2v) is 6.06. The van der Waals surface area contributed by atoms with Gasteiger partial charge in [0, 0.05) is 4.47 Å².